The number of nitrogens with zero attached hydrogens (tertiary/aromatic N) is 1. The average molecular weight is 283 g/mol. The van der Waals surface area contributed by atoms with Crippen LogP contribution in [-0.2, 0) is 13.0 Å². The summed E-state index contributed by atoms with van der Waals surface area (Å²) >= 11 is 1.98. The molecule has 0 amide bonds. The molecular formula is C17H17NOS. The third-order valence-electron chi connectivity index (χ3n) is 4.20. The quantitative estimate of drug-likeness (QED) is 0.788. The van der Waals surface area contributed by atoms with Gasteiger partial charge in [0.15, 0.2) is 0 Å². The summed E-state index contributed by atoms with van der Waals surface area (Å²) in [5.41, 5.74) is 4.36. The van der Waals surface area contributed by atoms with Crippen LogP contribution in [0.2, 0.25) is 0 Å². The standard InChI is InChI=1S/C17H17NOS/c1-19-14-6-7-15-12(10-14)8-9-18-11-13-4-2-3-5-16(13)20-17(15)18/h2-7,10,17H,8-9,11H2,1H3. The molecule has 0 saturated heterocycles. The van der Waals surface area contributed by atoms with E-state index < -0.39 is 0 Å². The van der Waals surface area contributed by atoms with Crippen molar-refractivity contribution in [3.63, 3.8) is 0 Å². The number of benzene rings is 2. The van der Waals surface area contributed by atoms with Crippen LogP contribution in [0.15, 0.2) is 47.4 Å². The van der Waals surface area contributed by atoms with Gasteiger partial charge in [-0.1, -0.05) is 24.3 Å². The first-order valence-electron chi connectivity index (χ1n) is 7.00. The summed E-state index contributed by atoms with van der Waals surface area (Å²) in [6, 6.07) is 15.3. The maximum Gasteiger partial charge on any atom is 0.119 e. The zero-order valence-electron chi connectivity index (χ0n) is 11.5. The number of hydrogen-bond acceptors (Lipinski definition) is 3. The van der Waals surface area contributed by atoms with E-state index in [2.05, 4.69) is 47.4 Å². The minimum Gasteiger partial charge on any atom is -0.497 e. The zero-order valence-corrected chi connectivity index (χ0v) is 12.3. The van der Waals surface area contributed by atoms with Gasteiger partial charge in [-0.25, -0.2) is 0 Å². The van der Waals surface area contributed by atoms with Crippen molar-refractivity contribution in [3.05, 3.63) is 59.2 Å². The first kappa shape index (κ1) is 12.3. The molecule has 0 spiro atoms. The summed E-state index contributed by atoms with van der Waals surface area (Å²) in [7, 11) is 1.74. The van der Waals surface area contributed by atoms with Gasteiger partial charge in [0.05, 0.1) is 12.5 Å². The molecule has 0 radical (unpaired) electrons. The minimum absolute atomic E-state index is 0.458. The predicted octanol–water partition coefficient (Wildman–Crippen LogP) is 3.86. The Morgan fingerprint density at radius 2 is 2.05 bits per heavy atom. The Balaban J connectivity index is 1.74. The van der Waals surface area contributed by atoms with Crippen molar-refractivity contribution in [1.29, 1.82) is 0 Å². The molecule has 2 aliphatic rings. The summed E-state index contributed by atoms with van der Waals surface area (Å²) in [6.07, 6.45) is 1.12. The molecule has 0 fully saturated rings. The highest BCUT2D eigenvalue weighted by Crippen LogP contribution is 2.47. The Morgan fingerprint density at radius 1 is 1.15 bits per heavy atom. The summed E-state index contributed by atoms with van der Waals surface area (Å²) in [5, 5.41) is 0.458. The first-order valence-corrected chi connectivity index (χ1v) is 7.88. The van der Waals surface area contributed by atoms with Crippen LogP contribution in [0.3, 0.4) is 0 Å². The van der Waals surface area contributed by atoms with E-state index in [1.54, 1.807) is 7.11 Å². The van der Waals surface area contributed by atoms with Crippen LogP contribution in [0.5, 0.6) is 5.75 Å². The fraction of sp³-hybridized carbons (Fsp3) is 0.294. The monoisotopic (exact) mass is 283 g/mol. The molecule has 0 aromatic heterocycles. The second-order valence-electron chi connectivity index (χ2n) is 5.36. The molecular weight excluding hydrogens is 266 g/mol. The van der Waals surface area contributed by atoms with Crippen molar-refractivity contribution in [2.45, 2.75) is 23.2 Å². The lowest BCUT2D eigenvalue weighted by Gasteiger charge is -2.40. The largest absolute Gasteiger partial charge is 0.497 e. The fourth-order valence-corrected chi connectivity index (χ4v) is 4.50. The maximum absolute atomic E-state index is 5.35. The van der Waals surface area contributed by atoms with Crippen LogP contribution < -0.4 is 4.74 Å². The molecule has 2 heterocycles. The smallest absolute Gasteiger partial charge is 0.119 e. The fourth-order valence-electron chi connectivity index (χ4n) is 3.13. The van der Waals surface area contributed by atoms with E-state index >= 15 is 0 Å². The second kappa shape index (κ2) is 4.83. The highest BCUT2D eigenvalue weighted by atomic mass is 32.2. The number of hydrogen-bond donors (Lipinski definition) is 0. The molecule has 20 heavy (non-hydrogen) atoms. The molecule has 0 N–H and O–H groups in total. The molecule has 4 rings (SSSR count). The molecule has 2 aromatic rings. The lowest BCUT2D eigenvalue weighted by Crippen LogP contribution is -2.35. The molecule has 1 atom stereocenters. The highest BCUT2D eigenvalue weighted by Gasteiger charge is 2.32. The highest BCUT2D eigenvalue weighted by molar-refractivity contribution is 7.99. The molecule has 0 bridgehead atoms. The van der Waals surface area contributed by atoms with Crippen molar-refractivity contribution >= 4 is 11.8 Å². The number of fused-ring (bicyclic) bond motifs is 4. The van der Waals surface area contributed by atoms with Crippen molar-refractivity contribution in [3.8, 4) is 5.75 Å². The van der Waals surface area contributed by atoms with Crippen LogP contribution in [0.25, 0.3) is 0 Å². The van der Waals surface area contributed by atoms with Crippen molar-refractivity contribution in [2.24, 2.45) is 0 Å². The van der Waals surface area contributed by atoms with Gasteiger partial charge in [-0.15, -0.1) is 11.8 Å². The van der Waals surface area contributed by atoms with Gasteiger partial charge in [0.25, 0.3) is 0 Å². The molecule has 2 aliphatic heterocycles. The molecule has 102 valence electrons. The van der Waals surface area contributed by atoms with Gasteiger partial charge >= 0.3 is 0 Å². The maximum atomic E-state index is 5.35. The van der Waals surface area contributed by atoms with Gasteiger partial charge < -0.3 is 4.74 Å². The topological polar surface area (TPSA) is 12.5 Å². The Hall–Kier alpha value is -1.45. The summed E-state index contributed by atoms with van der Waals surface area (Å²) in [6.45, 7) is 2.20. The van der Waals surface area contributed by atoms with Crippen LogP contribution in [0.1, 0.15) is 22.1 Å². The third-order valence-corrected chi connectivity index (χ3v) is 5.63. The summed E-state index contributed by atoms with van der Waals surface area (Å²) in [5.74, 6) is 0.971. The normalized spacial score (nSPS) is 20.8. The third kappa shape index (κ3) is 1.93. The van der Waals surface area contributed by atoms with Crippen molar-refractivity contribution in [1.82, 2.24) is 4.90 Å². The lowest BCUT2D eigenvalue weighted by atomic mass is 9.98. The van der Waals surface area contributed by atoms with Gasteiger partial charge in [-0.2, -0.15) is 0 Å². The predicted molar refractivity (Wildman–Crippen MR) is 82.1 cm³/mol. The number of rotatable bonds is 1. The number of ether oxygens (including phenoxy) is 1. The SMILES string of the molecule is COc1ccc2c(c1)CCN1Cc3ccccc3SC21. The Kier molecular flexibility index (Phi) is 2.97. The van der Waals surface area contributed by atoms with Crippen molar-refractivity contribution < 1.29 is 4.74 Å². The van der Waals surface area contributed by atoms with E-state index in [-0.39, 0.29) is 0 Å². The van der Waals surface area contributed by atoms with Crippen LogP contribution in [0, 0.1) is 0 Å². The first-order chi connectivity index (χ1) is 9.85. The van der Waals surface area contributed by atoms with E-state index in [1.165, 1.54) is 21.6 Å². The zero-order chi connectivity index (χ0) is 13.5. The molecule has 3 heteroatoms. The molecule has 1 unspecified atom stereocenters. The van der Waals surface area contributed by atoms with Gasteiger partial charge in [0, 0.05) is 18.0 Å². The van der Waals surface area contributed by atoms with E-state index in [0.29, 0.717) is 5.37 Å². The number of methoxy groups -OCH3 is 1. The molecule has 2 nitrogen and oxygen atoms in total. The van der Waals surface area contributed by atoms with Gasteiger partial charge in [0.2, 0.25) is 0 Å². The minimum atomic E-state index is 0.458. The summed E-state index contributed by atoms with van der Waals surface area (Å²) < 4.78 is 5.35. The van der Waals surface area contributed by atoms with Crippen LogP contribution in [0.4, 0.5) is 0 Å². The van der Waals surface area contributed by atoms with Gasteiger partial charge in [0.1, 0.15) is 5.75 Å². The van der Waals surface area contributed by atoms with Crippen LogP contribution >= 0.6 is 11.8 Å². The Labute approximate surface area is 123 Å². The van der Waals surface area contributed by atoms with E-state index in [9.17, 15) is 0 Å². The average Bonchev–Trinajstić information content (AvgIpc) is 2.52. The molecule has 0 saturated carbocycles. The molecule has 0 aliphatic carbocycles. The molecule has 2 aromatic carbocycles. The van der Waals surface area contributed by atoms with Crippen molar-refractivity contribution in [2.75, 3.05) is 13.7 Å². The van der Waals surface area contributed by atoms with Gasteiger partial charge in [-0.3, -0.25) is 4.90 Å². The van der Waals surface area contributed by atoms with E-state index in [4.69, 9.17) is 4.74 Å². The van der Waals surface area contributed by atoms with E-state index in [1.807, 2.05) is 11.8 Å². The number of thioether (sulfide) groups is 1. The Bertz CT molecular complexity index is 655. The second-order valence-corrected chi connectivity index (χ2v) is 6.49. The van der Waals surface area contributed by atoms with E-state index in [0.717, 1.165) is 25.3 Å². The van der Waals surface area contributed by atoms with Gasteiger partial charge in [-0.05, 0) is 41.3 Å². The lowest BCUT2D eigenvalue weighted by molar-refractivity contribution is 0.230. The van der Waals surface area contributed by atoms with Crippen LogP contribution in [-0.4, -0.2) is 18.6 Å². The Morgan fingerprint density at radius 3 is 2.95 bits per heavy atom. The summed E-state index contributed by atoms with van der Waals surface area (Å²) in [4.78, 5) is 4.01.